The Labute approximate surface area is 98.3 Å². The molecular weight excluding hydrogens is 222 g/mol. The van der Waals surface area contributed by atoms with Crippen molar-refractivity contribution < 1.29 is 14.3 Å². The number of benzene rings is 1. The number of nitrogens with one attached hydrogen (secondary N) is 1. The number of nitrogens with two attached hydrogens (primary N) is 1. The minimum Gasteiger partial charge on any atom is -0.482 e. The number of hydrogen-bond donors (Lipinski definition) is 2. The molecule has 0 atom stereocenters. The number of fused-ring (bicyclic) bond motifs is 1. The van der Waals surface area contributed by atoms with Gasteiger partial charge in [0.15, 0.2) is 6.61 Å². The normalized spacial score (nSPS) is 14.0. The SMILES string of the molecule is CN1C(=O)COc2ccc(CC(=O)NN)cc21. The Morgan fingerprint density at radius 1 is 1.59 bits per heavy atom. The second-order valence-electron chi connectivity index (χ2n) is 3.79. The maximum Gasteiger partial charge on any atom is 0.264 e. The van der Waals surface area contributed by atoms with Crippen molar-refractivity contribution in [3.05, 3.63) is 23.8 Å². The number of anilines is 1. The predicted molar refractivity (Wildman–Crippen MR) is 61.4 cm³/mol. The molecule has 90 valence electrons. The highest BCUT2D eigenvalue weighted by Gasteiger charge is 2.22. The van der Waals surface area contributed by atoms with Crippen LogP contribution in [0, 0.1) is 0 Å². The molecule has 2 amide bonds. The van der Waals surface area contributed by atoms with E-state index in [-0.39, 0.29) is 24.8 Å². The summed E-state index contributed by atoms with van der Waals surface area (Å²) < 4.78 is 5.28. The van der Waals surface area contributed by atoms with E-state index in [0.29, 0.717) is 11.4 Å². The highest BCUT2D eigenvalue weighted by molar-refractivity contribution is 5.97. The lowest BCUT2D eigenvalue weighted by atomic mass is 10.1. The fourth-order valence-corrected chi connectivity index (χ4v) is 1.66. The molecule has 0 spiro atoms. The van der Waals surface area contributed by atoms with Gasteiger partial charge in [0.1, 0.15) is 5.75 Å². The van der Waals surface area contributed by atoms with Crippen LogP contribution in [0.2, 0.25) is 0 Å². The third-order valence-corrected chi connectivity index (χ3v) is 2.64. The summed E-state index contributed by atoms with van der Waals surface area (Å²) in [6.07, 6.45) is 0.172. The van der Waals surface area contributed by atoms with E-state index in [1.165, 1.54) is 4.90 Å². The lowest BCUT2D eigenvalue weighted by molar-refractivity contribution is -0.121. The van der Waals surface area contributed by atoms with Crippen LogP contribution in [0.3, 0.4) is 0 Å². The molecule has 3 N–H and O–H groups in total. The quantitative estimate of drug-likeness (QED) is 0.414. The Balaban J connectivity index is 2.29. The summed E-state index contributed by atoms with van der Waals surface area (Å²) in [6, 6.07) is 5.27. The smallest absolute Gasteiger partial charge is 0.264 e. The van der Waals surface area contributed by atoms with Crippen LogP contribution >= 0.6 is 0 Å². The average Bonchev–Trinajstić information content (AvgIpc) is 2.34. The molecule has 17 heavy (non-hydrogen) atoms. The van der Waals surface area contributed by atoms with E-state index in [4.69, 9.17) is 10.6 Å². The van der Waals surface area contributed by atoms with Crippen LogP contribution in [0.25, 0.3) is 0 Å². The van der Waals surface area contributed by atoms with Crippen LogP contribution in [0.15, 0.2) is 18.2 Å². The first-order chi connectivity index (χ1) is 8.11. The molecule has 0 saturated heterocycles. The van der Waals surface area contributed by atoms with Crippen LogP contribution in [0.1, 0.15) is 5.56 Å². The van der Waals surface area contributed by atoms with Gasteiger partial charge in [-0.3, -0.25) is 15.0 Å². The molecular formula is C11H13N3O3. The molecule has 0 bridgehead atoms. The molecule has 1 heterocycles. The van der Waals surface area contributed by atoms with Crippen LogP contribution in [0.4, 0.5) is 5.69 Å². The van der Waals surface area contributed by atoms with Crippen LogP contribution in [0.5, 0.6) is 5.75 Å². The topological polar surface area (TPSA) is 84.7 Å². The number of rotatable bonds is 2. The van der Waals surface area contributed by atoms with Gasteiger partial charge in [0.25, 0.3) is 5.91 Å². The Hall–Kier alpha value is -2.08. The van der Waals surface area contributed by atoms with Gasteiger partial charge in [-0.15, -0.1) is 0 Å². The van der Waals surface area contributed by atoms with Crippen LogP contribution < -0.4 is 20.9 Å². The fourth-order valence-electron chi connectivity index (χ4n) is 1.66. The fraction of sp³-hybridized carbons (Fsp3) is 0.273. The number of amides is 2. The lowest BCUT2D eigenvalue weighted by Gasteiger charge is -2.26. The van der Waals surface area contributed by atoms with Crippen molar-refractivity contribution in [1.29, 1.82) is 0 Å². The molecule has 0 unspecified atom stereocenters. The van der Waals surface area contributed by atoms with Gasteiger partial charge in [-0.1, -0.05) is 6.07 Å². The van der Waals surface area contributed by atoms with Crippen molar-refractivity contribution in [3.8, 4) is 5.75 Å². The van der Waals surface area contributed by atoms with Gasteiger partial charge in [-0.2, -0.15) is 0 Å². The van der Waals surface area contributed by atoms with Crippen molar-refractivity contribution in [2.45, 2.75) is 6.42 Å². The second kappa shape index (κ2) is 4.42. The number of ether oxygens (including phenoxy) is 1. The van der Waals surface area contributed by atoms with Crippen LogP contribution in [-0.4, -0.2) is 25.5 Å². The highest BCUT2D eigenvalue weighted by atomic mass is 16.5. The number of nitrogens with zero attached hydrogens (tertiary/aromatic N) is 1. The third kappa shape index (κ3) is 2.21. The standard InChI is InChI=1S/C11H13N3O3/c1-14-8-4-7(5-10(15)13-12)2-3-9(8)17-6-11(14)16/h2-4H,5-6,12H2,1H3,(H,13,15). The molecule has 0 radical (unpaired) electrons. The Bertz CT molecular complexity index is 473. The number of carbonyl (C=O) groups excluding carboxylic acids is 2. The molecule has 0 aromatic heterocycles. The number of likely N-dealkylation sites (N-methyl/N-ethyl adjacent to an activating group) is 1. The Kier molecular flexibility index (Phi) is 2.97. The van der Waals surface area contributed by atoms with E-state index in [2.05, 4.69) is 5.43 Å². The molecule has 1 aliphatic heterocycles. The van der Waals surface area contributed by atoms with Gasteiger partial charge < -0.3 is 9.64 Å². The Morgan fingerprint density at radius 3 is 3.06 bits per heavy atom. The van der Waals surface area contributed by atoms with Gasteiger partial charge in [-0.05, 0) is 17.7 Å². The van der Waals surface area contributed by atoms with Gasteiger partial charge in [0.2, 0.25) is 5.91 Å². The van der Waals surface area contributed by atoms with E-state index in [1.54, 1.807) is 25.2 Å². The summed E-state index contributed by atoms with van der Waals surface area (Å²) in [5.74, 6) is 5.27. The van der Waals surface area contributed by atoms with Crippen molar-refractivity contribution in [1.82, 2.24) is 5.43 Å². The molecule has 1 aromatic carbocycles. The van der Waals surface area contributed by atoms with E-state index in [1.807, 2.05) is 0 Å². The van der Waals surface area contributed by atoms with E-state index < -0.39 is 0 Å². The highest BCUT2D eigenvalue weighted by Crippen LogP contribution is 2.31. The number of hydrogen-bond acceptors (Lipinski definition) is 4. The van der Waals surface area contributed by atoms with Crippen molar-refractivity contribution in [2.24, 2.45) is 5.84 Å². The van der Waals surface area contributed by atoms with Gasteiger partial charge in [0.05, 0.1) is 12.1 Å². The van der Waals surface area contributed by atoms with Gasteiger partial charge in [0, 0.05) is 7.05 Å². The van der Waals surface area contributed by atoms with E-state index in [0.717, 1.165) is 5.56 Å². The zero-order valence-corrected chi connectivity index (χ0v) is 9.40. The Morgan fingerprint density at radius 2 is 2.35 bits per heavy atom. The first-order valence-electron chi connectivity index (χ1n) is 5.13. The molecule has 6 heteroatoms. The monoisotopic (exact) mass is 235 g/mol. The summed E-state index contributed by atoms with van der Waals surface area (Å²) in [6.45, 7) is 0.0478. The molecule has 1 aliphatic rings. The number of carbonyl (C=O) groups is 2. The minimum absolute atomic E-state index is 0.0478. The van der Waals surface area contributed by atoms with Gasteiger partial charge in [-0.25, -0.2) is 5.84 Å². The largest absolute Gasteiger partial charge is 0.482 e. The average molecular weight is 235 g/mol. The van der Waals surface area contributed by atoms with E-state index in [9.17, 15) is 9.59 Å². The minimum atomic E-state index is -0.282. The summed E-state index contributed by atoms with van der Waals surface area (Å²) in [4.78, 5) is 24.1. The van der Waals surface area contributed by atoms with Crippen LogP contribution in [-0.2, 0) is 16.0 Å². The zero-order valence-electron chi connectivity index (χ0n) is 9.40. The maximum atomic E-state index is 11.4. The molecule has 1 aromatic rings. The molecule has 6 nitrogen and oxygen atoms in total. The summed E-state index contributed by atoms with van der Waals surface area (Å²) in [5.41, 5.74) is 3.51. The maximum absolute atomic E-state index is 11.4. The van der Waals surface area contributed by atoms with Crippen molar-refractivity contribution in [3.63, 3.8) is 0 Å². The summed E-state index contributed by atoms with van der Waals surface area (Å²) in [7, 11) is 1.68. The predicted octanol–water partition coefficient (Wildman–Crippen LogP) is -0.426. The van der Waals surface area contributed by atoms with E-state index >= 15 is 0 Å². The first-order valence-corrected chi connectivity index (χ1v) is 5.13. The first kappa shape index (κ1) is 11.4. The summed E-state index contributed by atoms with van der Waals surface area (Å²) in [5, 5.41) is 0. The lowest BCUT2D eigenvalue weighted by Crippen LogP contribution is -2.35. The molecule has 0 fully saturated rings. The van der Waals surface area contributed by atoms with Crippen molar-refractivity contribution in [2.75, 3.05) is 18.6 Å². The molecule has 2 rings (SSSR count). The number of hydrazine groups is 1. The second-order valence-corrected chi connectivity index (χ2v) is 3.79. The zero-order chi connectivity index (χ0) is 12.4. The molecule has 0 aliphatic carbocycles. The van der Waals surface area contributed by atoms with Gasteiger partial charge >= 0.3 is 0 Å². The summed E-state index contributed by atoms with van der Waals surface area (Å²) >= 11 is 0. The molecule has 0 saturated carbocycles. The third-order valence-electron chi connectivity index (χ3n) is 2.64. The van der Waals surface area contributed by atoms with Crippen molar-refractivity contribution >= 4 is 17.5 Å².